The molecule has 23 heavy (non-hydrogen) atoms. The molecule has 0 saturated heterocycles. The normalized spacial score (nSPS) is 10.9. The van der Waals surface area contributed by atoms with Crippen LogP contribution in [-0.2, 0) is 10.0 Å². The number of ketones is 1. The van der Waals surface area contributed by atoms with Gasteiger partial charge in [0.2, 0.25) is 0 Å². The number of nitrogens with one attached hydrogen (secondary N) is 1. The van der Waals surface area contributed by atoms with Crippen molar-refractivity contribution in [2.24, 2.45) is 0 Å². The van der Waals surface area contributed by atoms with Crippen LogP contribution < -0.4 is 14.2 Å². The van der Waals surface area contributed by atoms with Crippen molar-refractivity contribution in [3.8, 4) is 11.5 Å². The van der Waals surface area contributed by atoms with Crippen molar-refractivity contribution in [1.29, 1.82) is 0 Å². The van der Waals surface area contributed by atoms with E-state index >= 15 is 0 Å². The average Bonchev–Trinajstić information content (AvgIpc) is 2.54. The maximum Gasteiger partial charge on any atom is 0.261 e. The summed E-state index contributed by atoms with van der Waals surface area (Å²) in [6.07, 6.45) is 0. The van der Waals surface area contributed by atoms with Gasteiger partial charge in [0, 0.05) is 11.6 Å². The van der Waals surface area contributed by atoms with Crippen LogP contribution in [0, 0.1) is 0 Å². The fourth-order valence-corrected chi connectivity index (χ4v) is 3.15. The van der Waals surface area contributed by atoms with E-state index in [4.69, 9.17) is 9.47 Å². The average molecular weight is 335 g/mol. The van der Waals surface area contributed by atoms with E-state index in [2.05, 4.69) is 4.72 Å². The van der Waals surface area contributed by atoms with Crippen LogP contribution in [0.15, 0.2) is 47.4 Å². The lowest BCUT2D eigenvalue weighted by molar-refractivity contribution is 0.101. The van der Waals surface area contributed by atoms with E-state index in [9.17, 15) is 13.2 Å². The highest BCUT2D eigenvalue weighted by Gasteiger charge is 2.20. The quantitative estimate of drug-likeness (QED) is 0.821. The molecule has 0 aromatic heterocycles. The number of benzene rings is 2. The number of rotatable bonds is 6. The smallest absolute Gasteiger partial charge is 0.261 e. The summed E-state index contributed by atoms with van der Waals surface area (Å²) in [7, 11) is -0.941. The van der Waals surface area contributed by atoms with E-state index in [0.717, 1.165) is 0 Å². The minimum atomic E-state index is -3.81. The van der Waals surface area contributed by atoms with Gasteiger partial charge in [-0.15, -0.1) is 0 Å². The number of anilines is 1. The topological polar surface area (TPSA) is 81.7 Å². The van der Waals surface area contributed by atoms with Gasteiger partial charge in [-0.1, -0.05) is 18.2 Å². The monoisotopic (exact) mass is 335 g/mol. The zero-order valence-corrected chi connectivity index (χ0v) is 13.8. The Morgan fingerprint density at radius 1 is 1.00 bits per heavy atom. The second-order valence-corrected chi connectivity index (χ2v) is 6.41. The first-order valence-corrected chi connectivity index (χ1v) is 8.22. The van der Waals surface area contributed by atoms with Crippen molar-refractivity contribution in [1.82, 2.24) is 0 Å². The van der Waals surface area contributed by atoms with Crippen molar-refractivity contribution in [3.05, 3.63) is 48.0 Å². The number of ether oxygens (including phenoxy) is 2. The summed E-state index contributed by atoms with van der Waals surface area (Å²) in [5.41, 5.74) is 0.334. The molecule has 0 aliphatic heterocycles. The molecule has 6 nitrogen and oxygen atoms in total. The number of hydrogen-bond acceptors (Lipinski definition) is 5. The molecular formula is C16H17NO5S. The first kappa shape index (κ1) is 16.8. The van der Waals surface area contributed by atoms with Crippen molar-refractivity contribution in [3.63, 3.8) is 0 Å². The van der Waals surface area contributed by atoms with Gasteiger partial charge < -0.3 is 9.47 Å². The number of methoxy groups -OCH3 is 2. The maximum atomic E-state index is 12.4. The van der Waals surface area contributed by atoms with Crippen LogP contribution in [0.5, 0.6) is 11.5 Å². The van der Waals surface area contributed by atoms with Crippen LogP contribution in [0.2, 0.25) is 0 Å². The molecule has 2 aromatic rings. The standard InChI is InChI=1S/C16H17NO5S/c1-11(18)13-9-15(21-2)16(22-3)10-14(13)17-23(19,20)12-7-5-4-6-8-12/h4-10,17H,1-3H3. The predicted molar refractivity (Wildman–Crippen MR) is 86.8 cm³/mol. The Hall–Kier alpha value is -2.54. The number of sulfonamides is 1. The highest BCUT2D eigenvalue weighted by Crippen LogP contribution is 2.34. The molecule has 7 heteroatoms. The van der Waals surface area contributed by atoms with Crippen molar-refractivity contribution < 1.29 is 22.7 Å². The van der Waals surface area contributed by atoms with E-state index in [1.54, 1.807) is 18.2 Å². The molecule has 2 rings (SSSR count). The summed E-state index contributed by atoms with van der Waals surface area (Å²) < 4.78 is 37.6. The first-order valence-electron chi connectivity index (χ1n) is 6.74. The van der Waals surface area contributed by atoms with Gasteiger partial charge >= 0.3 is 0 Å². The summed E-state index contributed by atoms with van der Waals surface area (Å²) in [5.74, 6) is 0.375. The minimum Gasteiger partial charge on any atom is -0.493 e. The van der Waals surface area contributed by atoms with E-state index in [1.807, 2.05) is 0 Å². The van der Waals surface area contributed by atoms with Crippen LogP contribution in [0.25, 0.3) is 0 Å². The molecule has 0 spiro atoms. The Bertz CT molecular complexity index is 816. The molecule has 0 unspecified atom stereocenters. The molecule has 0 amide bonds. The first-order chi connectivity index (χ1) is 10.9. The lowest BCUT2D eigenvalue weighted by Gasteiger charge is -2.15. The molecule has 0 saturated carbocycles. The third-order valence-electron chi connectivity index (χ3n) is 3.20. The van der Waals surface area contributed by atoms with Gasteiger partial charge in [0.05, 0.1) is 24.8 Å². The van der Waals surface area contributed by atoms with Gasteiger partial charge in [0.25, 0.3) is 10.0 Å². The Morgan fingerprint density at radius 2 is 1.57 bits per heavy atom. The highest BCUT2D eigenvalue weighted by atomic mass is 32.2. The van der Waals surface area contributed by atoms with Gasteiger partial charge in [0.1, 0.15) is 0 Å². The van der Waals surface area contributed by atoms with Gasteiger partial charge in [-0.2, -0.15) is 0 Å². The second-order valence-electron chi connectivity index (χ2n) is 4.73. The number of hydrogen-bond donors (Lipinski definition) is 1. The van der Waals surface area contributed by atoms with Crippen molar-refractivity contribution in [2.75, 3.05) is 18.9 Å². The molecule has 0 radical (unpaired) electrons. The Labute approximate surface area is 135 Å². The van der Waals surface area contributed by atoms with Gasteiger partial charge in [-0.3, -0.25) is 9.52 Å². The summed E-state index contributed by atoms with van der Waals surface area (Å²) in [5, 5.41) is 0. The lowest BCUT2D eigenvalue weighted by atomic mass is 10.1. The molecule has 122 valence electrons. The van der Waals surface area contributed by atoms with Gasteiger partial charge in [-0.05, 0) is 25.1 Å². The van der Waals surface area contributed by atoms with Crippen LogP contribution in [-0.4, -0.2) is 28.4 Å². The SMILES string of the molecule is COc1cc(NS(=O)(=O)c2ccccc2)c(C(C)=O)cc1OC. The molecule has 0 heterocycles. The van der Waals surface area contributed by atoms with E-state index in [-0.39, 0.29) is 21.9 Å². The van der Waals surface area contributed by atoms with Crippen LogP contribution in [0.1, 0.15) is 17.3 Å². The van der Waals surface area contributed by atoms with Crippen LogP contribution in [0.4, 0.5) is 5.69 Å². The summed E-state index contributed by atoms with van der Waals surface area (Å²) in [6, 6.07) is 10.8. The largest absolute Gasteiger partial charge is 0.493 e. The lowest BCUT2D eigenvalue weighted by Crippen LogP contribution is -2.15. The van der Waals surface area contributed by atoms with Crippen molar-refractivity contribution >= 4 is 21.5 Å². The molecule has 0 aliphatic carbocycles. The number of carbonyl (C=O) groups is 1. The highest BCUT2D eigenvalue weighted by molar-refractivity contribution is 7.92. The van der Waals surface area contributed by atoms with Gasteiger partial charge in [0.15, 0.2) is 17.3 Å². The Morgan fingerprint density at radius 3 is 2.09 bits per heavy atom. The second kappa shape index (κ2) is 6.70. The molecule has 0 fully saturated rings. The van der Waals surface area contributed by atoms with Crippen molar-refractivity contribution in [2.45, 2.75) is 11.8 Å². The molecule has 0 atom stereocenters. The zero-order chi connectivity index (χ0) is 17.0. The van der Waals surface area contributed by atoms with Crippen LogP contribution >= 0.6 is 0 Å². The molecule has 2 aromatic carbocycles. The molecule has 0 bridgehead atoms. The third-order valence-corrected chi connectivity index (χ3v) is 4.58. The molecule has 1 N–H and O–H groups in total. The number of carbonyl (C=O) groups excluding carboxylic acids is 1. The van der Waals surface area contributed by atoms with E-state index < -0.39 is 10.0 Å². The zero-order valence-electron chi connectivity index (χ0n) is 13.0. The third kappa shape index (κ3) is 3.62. The summed E-state index contributed by atoms with van der Waals surface area (Å²) in [4.78, 5) is 11.9. The maximum absolute atomic E-state index is 12.4. The molecule has 0 aliphatic rings. The Balaban J connectivity index is 2.52. The summed E-state index contributed by atoms with van der Waals surface area (Å²) in [6.45, 7) is 1.35. The van der Waals surface area contributed by atoms with E-state index in [0.29, 0.717) is 11.5 Å². The predicted octanol–water partition coefficient (Wildman–Crippen LogP) is 2.71. The molecular weight excluding hydrogens is 318 g/mol. The van der Waals surface area contributed by atoms with E-state index in [1.165, 1.54) is 45.4 Å². The Kier molecular flexibility index (Phi) is 4.90. The summed E-state index contributed by atoms with van der Waals surface area (Å²) >= 11 is 0. The van der Waals surface area contributed by atoms with Crippen LogP contribution in [0.3, 0.4) is 0 Å². The fourth-order valence-electron chi connectivity index (χ4n) is 2.06. The minimum absolute atomic E-state index is 0.101. The number of Topliss-reactive ketones (excluding diaryl/α,β-unsaturated/α-hetero) is 1. The van der Waals surface area contributed by atoms with Gasteiger partial charge in [-0.25, -0.2) is 8.42 Å². The fraction of sp³-hybridized carbons (Fsp3) is 0.188.